The lowest BCUT2D eigenvalue weighted by Crippen LogP contribution is -2.30. The van der Waals surface area contributed by atoms with Crippen LogP contribution in [0.5, 0.6) is 5.75 Å². The average Bonchev–Trinajstić information content (AvgIpc) is 3.11. The van der Waals surface area contributed by atoms with Gasteiger partial charge in [-0.3, -0.25) is 15.1 Å². The zero-order valence-corrected chi connectivity index (χ0v) is 13.3. The number of nitrogens with one attached hydrogen (secondary N) is 2. The maximum absolute atomic E-state index is 12.2. The summed E-state index contributed by atoms with van der Waals surface area (Å²) in [6.07, 6.45) is 0.816. The first-order chi connectivity index (χ1) is 12.2. The van der Waals surface area contributed by atoms with E-state index in [4.69, 9.17) is 10.00 Å². The summed E-state index contributed by atoms with van der Waals surface area (Å²) in [5, 5.41) is 19.5. The van der Waals surface area contributed by atoms with Crippen LogP contribution in [0.25, 0.3) is 11.5 Å². The van der Waals surface area contributed by atoms with E-state index < -0.39 is 12.0 Å². The van der Waals surface area contributed by atoms with Crippen molar-refractivity contribution in [2.75, 3.05) is 5.32 Å². The maximum Gasteiger partial charge on any atom is 0.267 e. The molecule has 8 nitrogen and oxygen atoms in total. The molecule has 3 rings (SSSR count). The Bertz CT molecular complexity index is 916. The number of pyridine rings is 1. The molecule has 2 aromatic heterocycles. The monoisotopic (exact) mass is 334 g/mol. The Kier molecular flexibility index (Phi) is 4.67. The van der Waals surface area contributed by atoms with Gasteiger partial charge in [-0.15, -0.1) is 10.2 Å². The van der Waals surface area contributed by atoms with Crippen LogP contribution in [0.15, 0.2) is 48.7 Å². The van der Waals surface area contributed by atoms with Gasteiger partial charge < -0.3 is 9.72 Å². The molecule has 1 aromatic carbocycles. The minimum atomic E-state index is -0.821. The number of nitrogens with zero attached hydrogens (tertiary/aromatic N) is 4. The van der Waals surface area contributed by atoms with Gasteiger partial charge in [-0.1, -0.05) is 18.2 Å². The fourth-order valence-corrected chi connectivity index (χ4v) is 2.06. The van der Waals surface area contributed by atoms with Crippen LogP contribution in [0, 0.1) is 11.3 Å². The van der Waals surface area contributed by atoms with Gasteiger partial charge in [0.1, 0.15) is 17.5 Å². The van der Waals surface area contributed by atoms with Crippen LogP contribution in [-0.2, 0) is 4.79 Å². The first kappa shape index (κ1) is 16.1. The zero-order valence-electron chi connectivity index (χ0n) is 13.3. The van der Waals surface area contributed by atoms with Crippen molar-refractivity contribution < 1.29 is 9.53 Å². The van der Waals surface area contributed by atoms with Crippen molar-refractivity contribution in [2.45, 2.75) is 13.0 Å². The van der Waals surface area contributed by atoms with Crippen LogP contribution in [0.4, 0.5) is 5.95 Å². The number of carbonyl (C=O) groups excluding carboxylic acids is 1. The number of ether oxygens (including phenoxy) is 1. The number of carbonyl (C=O) groups is 1. The number of benzene rings is 1. The lowest BCUT2D eigenvalue weighted by atomic mass is 10.2. The summed E-state index contributed by atoms with van der Waals surface area (Å²) in [6.45, 7) is 1.58. The van der Waals surface area contributed by atoms with Crippen molar-refractivity contribution in [3.63, 3.8) is 0 Å². The van der Waals surface area contributed by atoms with Gasteiger partial charge in [0, 0.05) is 6.20 Å². The molecule has 25 heavy (non-hydrogen) atoms. The van der Waals surface area contributed by atoms with Crippen molar-refractivity contribution in [3.8, 4) is 23.3 Å². The summed E-state index contributed by atoms with van der Waals surface area (Å²) < 4.78 is 5.55. The molecule has 8 heteroatoms. The van der Waals surface area contributed by atoms with E-state index in [1.165, 1.54) is 0 Å². The van der Waals surface area contributed by atoms with Crippen molar-refractivity contribution >= 4 is 11.9 Å². The molecule has 3 aromatic rings. The van der Waals surface area contributed by atoms with Crippen LogP contribution >= 0.6 is 0 Å². The lowest BCUT2D eigenvalue weighted by molar-refractivity contribution is -0.122. The number of H-pyrrole nitrogens is 1. The SMILES string of the molecule is CC(Oc1ccccc1C#N)C(=O)Nc1nnc(-c2ccccn2)[nH]1. The fraction of sp³-hybridized carbons (Fsp3) is 0.118. The van der Waals surface area contributed by atoms with Crippen LogP contribution in [0.1, 0.15) is 12.5 Å². The highest BCUT2D eigenvalue weighted by Gasteiger charge is 2.18. The zero-order chi connectivity index (χ0) is 17.6. The second-order valence-corrected chi connectivity index (χ2v) is 5.09. The Hall–Kier alpha value is -3.73. The molecule has 0 aliphatic heterocycles. The highest BCUT2D eigenvalue weighted by atomic mass is 16.5. The van der Waals surface area contributed by atoms with E-state index in [0.717, 1.165) is 0 Å². The van der Waals surface area contributed by atoms with Crippen molar-refractivity contribution in [1.29, 1.82) is 5.26 Å². The van der Waals surface area contributed by atoms with E-state index in [9.17, 15) is 4.79 Å². The summed E-state index contributed by atoms with van der Waals surface area (Å²) >= 11 is 0. The van der Waals surface area contributed by atoms with Crippen molar-refractivity contribution in [3.05, 3.63) is 54.2 Å². The van der Waals surface area contributed by atoms with Gasteiger partial charge >= 0.3 is 0 Å². The van der Waals surface area contributed by atoms with Gasteiger partial charge in [0.2, 0.25) is 5.95 Å². The van der Waals surface area contributed by atoms with Gasteiger partial charge in [-0.05, 0) is 31.2 Å². The van der Waals surface area contributed by atoms with Gasteiger partial charge in [-0.2, -0.15) is 5.26 Å². The predicted octanol–water partition coefficient (Wildman–Crippen LogP) is 2.14. The predicted molar refractivity (Wildman–Crippen MR) is 89.5 cm³/mol. The van der Waals surface area contributed by atoms with E-state index in [0.29, 0.717) is 22.8 Å². The van der Waals surface area contributed by atoms with E-state index >= 15 is 0 Å². The molecule has 0 fully saturated rings. The van der Waals surface area contributed by atoms with Crippen LogP contribution < -0.4 is 10.1 Å². The summed E-state index contributed by atoms with van der Waals surface area (Å²) in [7, 11) is 0. The maximum atomic E-state index is 12.2. The molecule has 2 heterocycles. The standard InChI is InChI=1S/C17H14N6O2/c1-11(25-14-8-3-2-6-12(14)10-18)16(24)21-17-20-15(22-23-17)13-7-4-5-9-19-13/h2-9,11H,1H3,(H2,20,21,22,23,24). The number of aromatic amines is 1. The number of hydrogen-bond acceptors (Lipinski definition) is 6. The lowest BCUT2D eigenvalue weighted by Gasteiger charge is -2.14. The quantitative estimate of drug-likeness (QED) is 0.738. The normalized spacial score (nSPS) is 11.4. The Morgan fingerprint density at radius 3 is 2.80 bits per heavy atom. The molecular weight excluding hydrogens is 320 g/mol. The first-order valence-corrected chi connectivity index (χ1v) is 7.48. The molecule has 2 N–H and O–H groups in total. The van der Waals surface area contributed by atoms with Crippen molar-refractivity contribution in [2.24, 2.45) is 0 Å². The Morgan fingerprint density at radius 2 is 2.04 bits per heavy atom. The number of aromatic nitrogens is 4. The summed E-state index contributed by atoms with van der Waals surface area (Å²) in [5.74, 6) is 0.560. The molecule has 0 spiro atoms. The molecule has 0 bridgehead atoms. The number of hydrogen-bond donors (Lipinski definition) is 2. The third-order valence-corrected chi connectivity index (χ3v) is 3.32. The smallest absolute Gasteiger partial charge is 0.267 e. The second kappa shape index (κ2) is 7.23. The Morgan fingerprint density at radius 1 is 1.24 bits per heavy atom. The molecule has 124 valence electrons. The summed E-state index contributed by atoms with van der Waals surface area (Å²) in [5.41, 5.74) is 0.974. The molecule has 1 unspecified atom stereocenters. The van der Waals surface area contributed by atoms with Gasteiger partial charge in [-0.25, -0.2) is 0 Å². The van der Waals surface area contributed by atoms with E-state index in [1.54, 1.807) is 49.5 Å². The number of nitriles is 1. The van der Waals surface area contributed by atoms with Gasteiger partial charge in [0.15, 0.2) is 11.9 Å². The Labute approximate surface area is 143 Å². The number of para-hydroxylation sites is 1. The molecule has 0 saturated carbocycles. The molecule has 1 amide bonds. The molecule has 1 atom stereocenters. The van der Waals surface area contributed by atoms with Crippen molar-refractivity contribution in [1.82, 2.24) is 20.2 Å². The van der Waals surface area contributed by atoms with Crippen LogP contribution in [0.3, 0.4) is 0 Å². The largest absolute Gasteiger partial charge is 0.480 e. The minimum absolute atomic E-state index is 0.190. The number of rotatable bonds is 5. The molecule has 0 aliphatic carbocycles. The molecule has 0 saturated heterocycles. The number of anilines is 1. The highest BCUT2D eigenvalue weighted by Crippen LogP contribution is 2.18. The summed E-state index contributed by atoms with van der Waals surface area (Å²) in [4.78, 5) is 19.3. The van der Waals surface area contributed by atoms with Crippen LogP contribution in [-0.4, -0.2) is 32.2 Å². The number of amides is 1. The second-order valence-electron chi connectivity index (χ2n) is 5.09. The third-order valence-electron chi connectivity index (χ3n) is 3.32. The minimum Gasteiger partial charge on any atom is -0.480 e. The fourth-order valence-electron chi connectivity index (χ4n) is 2.06. The summed E-state index contributed by atoms with van der Waals surface area (Å²) in [6, 6.07) is 14.1. The third kappa shape index (κ3) is 3.79. The molecular formula is C17H14N6O2. The Balaban J connectivity index is 1.66. The average molecular weight is 334 g/mol. The first-order valence-electron chi connectivity index (χ1n) is 7.48. The van der Waals surface area contributed by atoms with Gasteiger partial charge in [0.05, 0.1) is 5.56 Å². The topological polar surface area (TPSA) is 117 Å². The van der Waals surface area contributed by atoms with E-state index in [-0.39, 0.29) is 5.95 Å². The van der Waals surface area contributed by atoms with E-state index in [2.05, 4.69) is 25.5 Å². The van der Waals surface area contributed by atoms with Crippen LogP contribution in [0.2, 0.25) is 0 Å². The molecule has 0 radical (unpaired) electrons. The van der Waals surface area contributed by atoms with E-state index in [1.807, 2.05) is 12.1 Å². The van der Waals surface area contributed by atoms with Gasteiger partial charge in [0.25, 0.3) is 5.91 Å². The highest BCUT2D eigenvalue weighted by molar-refractivity contribution is 5.92. The molecule has 0 aliphatic rings.